The van der Waals surface area contributed by atoms with Crippen LogP contribution in [0.3, 0.4) is 0 Å². The standard InChI is InChI=1S/C33H38F3N11O2/c1-19-15-38-32(40-26-14-20(2)46(5)44-26)43-29(19)23-6-7-24-22(23)8-9-25(45(3)4)30(24)41-27(48)17-47-13-11-21(16-47)49-28-10-12-37-31(42-28)39-18-33(34,35)36/h6,8-10,12,14-15,21H,7,11,13,16-18H2,1-5H3,(H,41,48)(H,37,39,42)(H,38,40,43,44)/t21-/m0/s1. The molecule has 1 aliphatic carbocycles. The van der Waals surface area contributed by atoms with Gasteiger partial charge in [0.25, 0.3) is 0 Å². The van der Waals surface area contributed by atoms with Gasteiger partial charge in [-0.3, -0.25) is 14.4 Å². The summed E-state index contributed by atoms with van der Waals surface area (Å²) >= 11 is 0. The number of benzene rings is 1. The number of alkyl halides is 3. The summed E-state index contributed by atoms with van der Waals surface area (Å²) in [6, 6.07) is 7.49. The number of hydrogen-bond donors (Lipinski definition) is 3. The second kappa shape index (κ2) is 13.7. The van der Waals surface area contributed by atoms with Crippen molar-refractivity contribution in [3.8, 4) is 5.88 Å². The number of aromatic nitrogens is 6. The van der Waals surface area contributed by atoms with Crippen LogP contribution in [0.4, 0.5) is 42.3 Å². The molecule has 0 spiro atoms. The number of nitrogens with zero attached hydrogens (tertiary/aromatic N) is 8. The molecule has 3 aromatic heterocycles. The Kier molecular flexibility index (Phi) is 9.41. The van der Waals surface area contributed by atoms with Crippen LogP contribution in [0.5, 0.6) is 5.88 Å². The molecular formula is C33H38F3N11O2. The average Bonchev–Trinajstić information content (AvgIpc) is 3.75. The number of carbonyl (C=O) groups is 1. The van der Waals surface area contributed by atoms with E-state index in [-0.39, 0.29) is 30.4 Å². The normalized spacial score (nSPS) is 15.9. The highest BCUT2D eigenvalue weighted by Gasteiger charge is 2.29. The Morgan fingerprint density at radius 1 is 1.12 bits per heavy atom. The molecule has 2 aliphatic rings. The van der Waals surface area contributed by atoms with Crippen molar-refractivity contribution >= 4 is 40.6 Å². The van der Waals surface area contributed by atoms with Crippen molar-refractivity contribution in [2.24, 2.45) is 7.05 Å². The van der Waals surface area contributed by atoms with Crippen LogP contribution in [0.2, 0.25) is 0 Å². The summed E-state index contributed by atoms with van der Waals surface area (Å²) in [7, 11) is 5.75. The van der Waals surface area contributed by atoms with Crippen molar-refractivity contribution in [2.45, 2.75) is 39.0 Å². The molecule has 4 aromatic rings. The average molecular weight is 678 g/mol. The van der Waals surface area contributed by atoms with Gasteiger partial charge in [0.05, 0.1) is 23.6 Å². The molecule has 1 saturated heterocycles. The minimum Gasteiger partial charge on any atom is -0.473 e. The third-order valence-corrected chi connectivity index (χ3v) is 8.38. The zero-order valence-corrected chi connectivity index (χ0v) is 27.9. The predicted molar refractivity (Wildman–Crippen MR) is 180 cm³/mol. The highest BCUT2D eigenvalue weighted by Crippen LogP contribution is 2.41. The molecule has 0 bridgehead atoms. The first kappa shape index (κ1) is 33.6. The highest BCUT2D eigenvalue weighted by molar-refractivity contribution is 6.00. The third-order valence-electron chi connectivity index (χ3n) is 8.38. The van der Waals surface area contributed by atoms with Gasteiger partial charge in [-0.1, -0.05) is 12.1 Å². The van der Waals surface area contributed by atoms with E-state index in [2.05, 4.69) is 48.1 Å². The molecule has 0 unspecified atom stereocenters. The number of likely N-dealkylation sites (tertiary alicyclic amines) is 1. The highest BCUT2D eigenvalue weighted by atomic mass is 19.4. The number of hydrogen-bond acceptors (Lipinski definition) is 11. The lowest BCUT2D eigenvalue weighted by molar-refractivity contribution is -0.117. The number of carbonyl (C=O) groups excluding carboxylic acids is 1. The van der Waals surface area contributed by atoms with Crippen molar-refractivity contribution in [1.82, 2.24) is 34.6 Å². The van der Waals surface area contributed by atoms with Crippen LogP contribution in [-0.4, -0.2) is 93.1 Å². The first-order valence-corrected chi connectivity index (χ1v) is 15.8. The maximum absolute atomic E-state index is 13.5. The summed E-state index contributed by atoms with van der Waals surface area (Å²) < 4.78 is 45.4. The molecule has 1 fully saturated rings. The van der Waals surface area contributed by atoms with E-state index in [0.717, 1.165) is 45.0 Å². The lowest BCUT2D eigenvalue weighted by Crippen LogP contribution is -2.33. The second-order valence-electron chi connectivity index (χ2n) is 12.3. The number of fused-ring (bicyclic) bond motifs is 1. The topological polar surface area (TPSA) is 138 Å². The maximum Gasteiger partial charge on any atom is 0.405 e. The van der Waals surface area contributed by atoms with E-state index in [1.807, 2.05) is 56.9 Å². The van der Waals surface area contributed by atoms with Crippen LogP contribution in [-0.2, 0) is 18.3 Å². The minimum atomic E-state index is -4.39. The van der Waals surface area contributed by atoms with E-state index in [1.54, 1.807) is 10.9 Å². The van der Waals surface area contributed by atoms with Gasteiger partial charge in [0.15, 0.2) is 5.82 Å². The predicted octanol–water partition coefficient (Wildman–Crippen LogP) is 4.48. The molecule has 1 aliphatic heterocycles. The van der Waals surface area contributed by atoms with E-state index in [9.17, 15) is 18.0 Å². The number of allylic oxidation sites excluding steroid dienone is 1. The lowest BCUT2D eigenvalue weighted by Gasteiger charge is -2.23. The van der Waals surface area contributed by atoms with E-state index in [1.165, 1.54) is 12.3 Å². The summed E-state index contributed by atoms with van der Waals surface area (Å²) in [5.41, 5.74) is 7.33. The molecule has 1 atom stereocenters. The van der Waals surface area contributed by atoms with Gasteiger partial charge in [0.2, 0.25) is 23.7 Å². The van der Waals surface area contributed by atoms with E-state index in [4.69, 9.17) is 9.72 Å². The molecule has 3 N–H and O–H groups in total. The third kappa shape index (κ3) is 7.91. The van der Waals surface area contributed by atoms with Crippen molar-refractivity contribution in [3.63, 3.8) is 0 Å². The summed E-state index contributed by atoms with van der Waals surface area (Å²) in [5.74, 6) is 0.940. The fraction of sp³-hybridized carbons (Fsp3) is 0.394. The van der Waals surface area contributed by atoms with E-state index < -0.39 is 12.7 Å². The minimum absolute atomic E-state index is 0.145. The Balaban J connectivity index is 1.13. The molecule has 4 heterocycles. The molecule has 13 nitrogen and oxygen atoms in total. The van der Waals surface area contributed by atoms with Crippen LogP contribution >= 0.6 is 0 Å². The van der Waals surface area contributed by atoms with Crippen LogP contribution in [0.1, 0.15) is 34.5 Å². The number of halogens is 3. The van der Waals surface area contributed by atoms with Crippen molar-refractivity contribution in [3.05, 3.63) is 70.8 Å². The quantitative estimate of drug-likeness (QED) is 0.207. The maximum atomic E-state index is 13.5. The largest absolute Gasteiger partial charge is 0.473 e. The summed E-state index contributed by atoms with van der Waals surface area (Å²) in [6.45, 7) is 3.92. The van der Waals surface area contributed by atoms with E-state index in [0.29, 0.717) is 37.7 Å². The fourth-order valence-electron chi connectivity index (χ4n) is 5.92. The second-order valence-corrected chi connectivity index (χ2v) is 12.3. The summed E-state index contributed by atoms with van der Waals surface area (Å²) in [5, 5.41) is 13.0. The van der Waals surface area contributed by atoms with E-state index >= 15 is 0 Å². The Bertz CT molecular complexity index is 1870. The number of anilines is 5. The molecule has 6 rings (SSSR count). The number of aryl methyl sites for hydroxylation is 3. The molecule has 258 valence electrons. The Morgan fingerprint density at radius 2 is 1.94 bits per heavy atom. The van der Waals surface area contributed by atoms with Crippen molar-refractivity contribution < 1.29 is 22.7 Å². The lowest BCUT2D eigenvalue weighted by atomic mass is 9.98. The fourth-order valence-corrected chi connectivity index (χ4v) is 5.92. The van der Waals surface area contributed by atoms with Gasteiger partial charge in [0.1, 0.15) is 12.6 Å². The number of rotatable bonds is 11. The molecule has 16 heteroatoms. The number of ether oxygens (including phenoxy) is 1. The summed E-state index contributed by atoms with van der Waals surface area (Å²) in [6.07, 6.45) is 1.84. The smallest absolute Gasteiger partial charge is 0.405 e. The SMILES string of the molecule is Cc1cnc(Nc2cc(C)n(C)n2)nc1C1=CCc2c1ccc(N(C)C)c2NC(=O)CN1CC[C@H](Oc2ccnc(NCC(F)(F)F)n2)C1. The first-order chi connectivity index (χ1) is 23.3. The van der Waals surface area contributed by atoms with Crippen LogP contribution in [0.25, 0.3) is 5.57 Å². The van der Waals surface area contributed by atoms with Gasteiger partial charge >= 0.3 is 6.18 Å². The molecule has 1 aromatic carbocycles. The number of amides is 1. The van der Waals surface area contributed by atoms with Gasteiger partial charge in [-0.05, 0) is 49.4 Å². The monoisotopic (exact) mass is 677 g/mol. The molecule has 1 amide bonds. The van der Waals surface area contributed by atoms with Gasteiger partial charge in [-0.2, -0.15) is 23.3 Å². The molecule has 0 saturated carbocycles. The molecular weight excluding hydrogens is 639 g/mol. The van der Waals surface area contributed by atoms with Crippen LogP contribution in [0.15, 0.2) is 42.7 Å². The molecule has 49 heavy (non-hydrogen) atoms. The van der Waals surface area contributed by atoms with Crippen LogP contribution < -0.4 is 25.6 Å². The zero-order valence-electron chi connectivity index (χ0n) is 27.9. The molecule has 0 radical (unpaired) electrons. The Hall–Kier alpha value is -5.25. The zero-order chi connectivity index (χ0) is 34.9. The van der Waals surface area contributed by atoms with Gasteiger partial charge in [-0.25, -0.2) is 15.0 Å². The van der Waals surface area contributed by atoms with Gasteiger partial charge in [0, 0.05) is 70.0 Å². The first-order valence-electron chi connectivity index (χ1n) is 15.8. The Morgan fingerprint density at radius 3 is 2.67 bits per heavy atom. The van der Waals surface area contributed by atoms with Crippen LogP contribution in [0, 0.1) is 13.8 Å². The summed E-state index contributed by atoms with van der Waals surface area (Å²) in [4.78, 5) is 34.6. The van der Waals surface area contributed by atoms with Gasteiger partial charge in [-0.15, -0.1) is 0 Å². The van der Waals surface area contributed by atoms with Gasteiger partial charge < -0.3 is 25.6 Å². The van der Waals surface area contributed by atoms with Crippen molar-refractivity contribution in [2.75, 3.05) is 61.1 Å². The number of nitrogens with one attached hydrogen (secondary N) is 3. The van der Waals surface area contributed by atoms with Crippen molar-refractivity contribution in [1.29, 1.82) is 0 Å². The Labute approximate surface area is 281 Å².